The number of hydrogen-bond donors (Lipinski definition) is 4. The molecular formula is C27H33BFNO8. The molecule has 0 aromatic heterocycles. The molecule has 0 aliphatic carbocycles. The summed E-state index contributed by atoms with van der Waals surface area (Å²) in [6.07, 6.45) is -1.38. The number of rotatable bonds is 12. The maximum Gasteiger partial charge on any atom is 0.489 e. The number of hydrogen-bond acceptors (Lipinski definition) is 8. The summed E-state index contributed by atoms with van der Waals surface area (Å²) in [4.78, 5) is 11.8. The Hall–Kier alpha value is -3.38. The van der Waals surface area contributed by atoms with Crippen molar-refractivity contribution in [3.8, 4) is 11.5 Å². The number of amides is 1. The van der Waals surface area contributed by atoms with E-state index in [1.807, 2.05) is 30.3 Å². The maximum atomic E-state index is 14.8. The van der Waals surface area contributed by atoms with Crippen LogP contribution in [0.15, 0.2) is 54.6 Å². The highest BCUT2D eigenvalue weighted by atomic mass is 19.1. The predicted molar refractivity (Wildman–Crippen MR) is 141 cm³/mol. The highest BCUT2D eigenvalue weighted by molar-refractivity contribution is 6.62. The molecule has 0 radical (unpaired) electrons. The van der Waals surface area contributed by atoms with Crippen molar-refractivity contribution in [2.24, 2.45) is 0 Å². The van der Waals surface area contributed by atoms with Crippen molar-refractivity contribution in [3.05, 3.63) is 66.0 Å². The molecule has 3 aromatic carbocycles. The minimum atomic E-state index is -1.91. The lowest BCUT2D eigenvalue weighted by molar-refractivity contribution is -0.00248. The van der Waals surface area contributed by atoms with Crippen LogP contribution in [0.3, 0.4) is 0 Å². The first-order chi connectivity index (χ1) is 18.1. The van der Waals surface area contributed by atoms with Gasteiger partial charge in [-0.15, -0.1) is 0 Å². The van der Waals surface area contributed by atoms with Crippen LogP contribution in [0.25, 0.3) is 10.8 Å². The number of benzene rings is 3. The number of ether oxygens (including phenoxy) is 4. The summed E-state index contributed by atoms with van der Waals surface area (Å²) in [5, 5.41) is 32.8. The lowest BCUT2D eigenvalue weighted by Gasteiger charge is -2.21. The fourth-order valence-corrected chi connectivity index (χ4v) is 3.63. The molecule has 0 aliphatic rings. The van der Waals surface area contributed by atoms with Gasteiger partial charge in [-0.2, -0.15) is 0 Å². The third-order valence-corrected chi connectivity index (χ3v) is 5.31. The number of aliphatic hydroxyl groups excluding tert-OH is 1. The summed E-state index contributed by atoms with van der Waals surface area (Å²) in [7, 11) is -1.91. The molecule has 0 unspecified atom stereocenters. The molecule has 3 aromatic rings. The Morgan fingerprint density at radius 1 is 1.05 bits per heavy atom. The Kier molecular flexibility index (Phi) is 10.3. The molecule has 9 nitrogen and oxygen atoms in total. The van der Waals surface area contributed by atoms with Gasteiger partial charge in [-0.05, 0) is 55.4 Å². The van der Waals surface area contributed by atoms with Crippen molar-refractivity contribution in [1.82, 2.24) is 5.32 Å². The van der Waals surface area contributed by atoms with Gasteiger partial charge >= 0.3 is 13.2 Å². The Morgan fingerprint density at radius 2 is 1.79 bits per heavy atom. The van der Waals surface area contributed by atoms with Crippen molar-refractivity contribution in [2.75, 3.05) is 26.4 Å². The van der Waals surface area contributed by atoms with Crippen molar-refractivity contribution >= 4 is 29.4 Å². The first-order valence-electron chi connectivity index (χ1n) is 12.2. The van der Waals surface area contributed by atoms with Gasteiger partial charge in [0.1, 0.15) is 24.6 Å². The molecule has 0 spiro atoms. The molecule has 3 rings (SSSR count). The average molecular weight is 529 g/mol. The van der Waals surface area contributed by atoms with Crippen molar-refractivity contribution < 1.29 is 43.3 Å². The van der Waals surface area contributed by atoms with E-state index in [0.717, 1.165) is 5.56 Å². The number of carbonyl (C=O) groups is 1. The monoisotopic (exact) mass is 529 g/mol. The number of fused-ring (bicyclic) bond motifs is 1. The van der Waals surface area contributed by atoms with E-state index in [1.165, 1.54) is 18.2 Å². The van der Waals surface area contributed by atoms with Crippen molar-refractivity contribution in [3.63, 3.8) is 0 Å². The summed E-state index contributed by atoms with van der Waals surface area (Å²) in [6.45, 7) is 4.95. The minimum Gasteiger partial charge on any atom is -0.489 e. The van der Waals surface area contributed by atoms with Gasteiger partial charge in [-0.3, -0.25) is 0 Å². The minimum absolute atomic E-state index is 0.000648. The second-order valence-corrected chi connectivity index (χ2v) is 9.54. The van der Waals surface area contributed by atoms with Gasteiger partial charge in [0.05, 0.1) is 19.3 Å². The average Bonchev–Trinajstić information content (AvgIpc) is 2.87. The van der Waals surface area contributed by atoms with Crippen LogP contribution in [-0.2, 0) is 16.1 Å². The summed E-state index contributed by atoms with van der Waals surface area (Å²) in [5.41, 5.74) is 0.297. The molecule has 1 amide bonds. The van der Waals surface area contributed by atoms with Crippen molar-refractivity contribution in [1.29, 1.82) is 0 Å². The molecule has 0 saturated carbocycles. The van der Waals surface area contributed by atoms with Gasteiger partial charge < -0.3 is 39.4 Å². The van der Waals surface area contributed by atoms with E-state index in [9.17, 15) is 24.3 Å². The first-order valence-corrected chi connectivity index (χ1v) is 12.2. The number of aliphatic hydroxyl groups is 1. The van der Waals surface area contributed by atoms with Crippen LogP contribution in [0.2, 0.25) is 0 Å². The van der Waals surface area contributed by atoms with Crippen LogP contribution in [0.5, 0.6) is 11.5 Å². The molecule has 1 atom stereocenters. The SMILES string of the molecule is CC(C)(C)OC(=O)NC[C@@H](CO)OCCOc1c(F)ccc2cc(OCc3ccccc3)cc(B(O)O)c12. The largest absolute Gasteiger partial charge is 0.489 e. The molecule has 11 heteroatoms. The molecule has 0 heterocycles. The van der Waals surface area contributed by atoms with E-state index in [0.29, 0.717) is 11.1 Å². The smallest absolute Gasteiger partial charge is 0.489 e. The van der Waals surface area contributed by atoms with Crippen LogP contribution in [0, 0.1) is 5.82 Å². The summed E-state index contributed by atoms with van der Waals surface area (Å²) in [6, 6.07) is 15.3. The number of nitrogens with one attached hydrogen (secondary N) is 1. The van der Waals surface area contributed by atoms with Crippen LogP contribution < -0.4 is 20.3 Å². The van der Waals surface area contributed by atoms with E-state index >= 15 is 0 Å². The summed E-state index contributed by atoms with van der Waals surface area (Å²) in [5.74, 6) is -0.479. The molecule has 4 N–H and O–H groups in total. The second-order valence-electron chi connectivity index (χ2n) is 9.54. The Bertz CT molecular complexity index is 1200. The summed E-state index contributed by atoms with van der Waals surface area (Å²) >= 11 is 0. The third-order valence-electron chi connectivity index (χ3n) is 5.31. The van der Waals surface area contributed by atoms with Gasteiger partial charge in [0.25, 0.3) is 0 Å². The topological polar surface area (TPSA) is 127 Å². The van der Waals surface area contributed by atoms with Crippen LogP contribution in [0.1, 0.15) is 26.3 Å². The third kappa shape index (κ3) is 8.59. The van der Waals surface area contributed by atoms with Gasteiger partial charge in [-0.1, -0.05) is 36.4 Å². The normalized spacial score (nSPS) is 12.2. The summed E-state index contributed by atoms with van der Waals surface area (Å²) < 4.78 is 36.9. The fraction of sp³-hybridized carbons (Fsp3) is 0.370. The molecular weight excluding hydrogens is 496 g/mol. The standard InChI is InChI=1S/C27H33BFNO8/c1-27(2,3)38-26(32)30-15-21(16-31)35-11-12-36-25-23(29)10-9-19-13-20(14-22(24(19)25)28(33)34)37-17-18-7-5-4-6-8-18/h4-10,13-14,21,31,33-34H,11-12,15-17H2,1-3H3,(H,30,32)/t21-/m0/s1. The van der Waals surface area contributed by atoms with Gasteiger partial charge in [0.15, 0.2) is 11.6 Å². The molecule has 0 fully saturated rings. The highest BCUT2D eigenvalue weighted by Gasteiger charge is 2.22. The second kappa shape index (κ2) is 13.4. The number of carbonyl (C=O) groups excluding carboxylic acids is 1. The predicted octanol–water partition coefficient (Wildman–Crippen LogP) is 2.52. The zero-order valence-corrected chi connectivity index (χ0v) is 21.6. The van der Waals surface area contributed by atoms with Gasteiger partial charge in [-0.25, -0.2) is 9.18 Å². The van der Waals surface area contributed by atoms with E-state index in [4.69, 9.17) is 18.9 Å². The Balaban J connectivity index is 1.66. The first kappa shape index (κ1) is 29.2. The molecule has 204 valence electrons. The maximum absolute atomic E-state index is 14.8. The molecule has 0 bridgehead atoms. The van der Waals surface area contributed by atoms with E-state index in [-0.39, 0.29) is 49.6 Å². The lowest BCUT2D eigenvalue weighted by Crippen LogP contribution is -2.39. The lowest BCUT2D eigenvalue weighted by atomic mass is 9.76. The van der Waals surface area contributed by atoms with Gasteiger partial charge in [0, 0.05) is 11.9 Å². The fourth-order valence-electron chi connectivity index (χ4n) is 3.63. The van der Waals surface area contributed by atoms with Crippen LogP contribution >= 0.6 is 0 Å². The van der Waals surface area contributed by atoms with Crippen LogP contribution in [-0.4, -0.2) is 66.4 Å². The number of alkyl carbamates (subject to hydrolysis) is 1. The quantitative estimate of drug-likeness (QED) is 0.208. The molecule has 0 aliphatic heterocycles. The van der Waals surface area contributed by atoms with E-state index in [2.05, 4.69) is 5.32 Å². The molecule has 0 saturated heterocycles. The van der Waals surface area contributed by atoms with Gasteiger partial charge in [0.2, 0.25) is 0 Å². The number of halogens is 1. The molecule has 38 heavy (non-hydrogen) atoms. The van der Waals surface area contributed by atoms with E-state index < -0.39 is 30.7 Å². The van der Waals surface area contributed by atoms with Crippen LogP contribution in [0.4, 0.5) is 9.18 Å². The zero-order chi connectivity index (χ0) is 27.7. The van der Waals surface area contributed by atoms with E-state index in [1.54, 1.807) is 26.8 Å². The Morgan fingerprint density at radius 3 is 2.45 bits per heavy atom. The Labute approximate surface area is 221 Å². The van der Waals surface area contributed by atoms with Crippen molar-refractivity contribution in [2.45, 2.75) is 39.1 Å². The zero-order valence-electron chi connectivity index (χ0n) is 21.6. The highest BCUT2D eigenvalue weighted by Crippen LogP contribution is 2.31.